The first kappa shape index (κ1) is 13.0. The highest BCUT2D eigenvalue weighted by Gasteiger charge is 2.50. The van der Waals surface area contributed by atoms with Crippen LogP contribution in [-0.4, -0.2) is 37.0 Å². The zero-order valence-electron chi connectivity index (χ0n) is 11.8. The summed E-state index contributed by atoms with van der Waals surface area (Å²) in [6.45, 7) is 0.852. The van der Waals surface area contributed by atoms with Crippen molar-refractivity contribution in [3.63, 3.8) is 0 Å². The number of carbonyl (C=O) groups excluding carboxylic acids is 1. The number of rotatable bonds is 4. The monoisotopic (exact) mass is 260 g/mol. The van der Waals surface area contributed by atoms with Crippen molar-refractivity contribution in [2.24, 2.45) is 23.7 Å². The Kier molecular flexibility index (Phi) is 3.54. The number of likely N-dealkylation sites (N-methyl/N-ethyl adjacent to an activating group) is 1. The van der Waals surface area contributed by atoms with E-state index in [2.05, 4.69) is 11.2 Å². The second-order valence-corrected chi connectivity index (χ2v) is 6.73. The lowest BCUT2D eigenvalue weighted by Crippen LogP contribution is -2.57. The SMILES string of the molecule is C#CCNCC(=O)N(C)C1C2CC3CC(C2)CC1C3. The number of carbonyl (C=O) groups is 1. The highest BCUT2D eigenvalue weighted by molar-refractivity contribution is 5.78. The fourth-order valence-corrected chi connectivity index (χ4v) is 5.06. The third-order valence-electron chi connectivity index (χ3n) is 5.52. The smallest absolute Gasteiger partial charge is 0.236 e. The van der Waals surface area contributed by atoms with E-state index in [9.17, 15) is 4.79 Å². The maximum Gasteiger partial charge on any atom is 0.236 e. The van der Waals surface area contributed by atoms with Crippen molar-refractivity contribution in [1.29, 1.82) is 0 Å². The predicted molar refractivity (Wildman–Crippen MR) is 75.3 cm³/mol. The van der Waals surface area contributed by atoms with Crippen LogP contribution in [0.25, 0.3) is 0 Å². The van der Waals surface area contributed by atoms with Gasteiger partial charge in [0.2, 0.25) is 5.91 Å². The molecule has 4 rings (SSSR count). The summed E-state index contributed by atoms with van der Waals surface area (Å²) in [4.78, 5) is 14.3. The molecular formula is C16H24N2O. The molecule has 4 saturated carbocycles. The quantitative estimate of drug-likeness (QED) is 0.613. The number of hydrogen-bond donors (Lipinski definition) is 1. The van der Waals surface area contributed by atoms with Crippen LogP contribution in [0, 0.1) is 36.0 Å². The molecule has 0 heterocycles. The summed E-state index contributed by atoms with van der Waals surface area (Å²) in [6.07, 6.45) is 12.1. The minimum Gasteiger partial charge on any atom is -0.341 e. The molecule has 3 heteroatoms. The summed E-state index contributed by atoms with van der Waals surface area (Å²) in [6, 6.07) is 0.493. The van der Waals surface area contributed by atoms with Gasteiger partial charge in [-0.05, 0) is 55.8 Å². The average molecular weight is 260 g/mol. The molecule has 0 radical (unpaired) electrons. The third-order valence-corrected chi connectivity index (χ3v) is 5.52. The standard InChI is InChI=1S/C16H24N2O/c1-3-4-17-10-15(19)18(2)16-13-6-11-5-12(8-13)9-14(16)7-11/h1,11-14,16-17H,4-10H2,2H3. The van der Waals surface area contributed by atoms with Gasteiger partial charge in [0.1, 0.15) is 0 Å². The maximum absolute atomic E-state index is 12.2. The Hall–Kier alpha value is -1.01. The number of nitrogens with zero attached hydrogens (tertiary/aromatic N) is 1. The van der Waals surface area contributed by atoms with Gasteiger partial charge in [-0.3, -0.25) is 10.1 Å². The number of hydrogen-bond acceptors (Lipinski definition) is 2. The first-order valence-corrected chi connectivity index (χ1v) is 7.59. The van der Waals surface area contributed by atoms with E-state index in [4.69, 9.17) is 6.42 Å². The second kappa shape index (κ2) is 5.17. The van der Waals surface area contributed by atoms with Gasteiger partial charge in [-0.1, -0.05) is 5.92 Å². The number of amides is 1. The molecule has 1 N–H and O–H groups in total. The highest BCUT2D eigenvalue weighted by Crippen LogP contribution is 2.54. The van der Waals surface area contributed by atoms with Gasteiger partial charge >= 0.3 is 0 Å². The van der Waals surface area contributed by atoms with Gasteiger partial charge < -0.3 is 4.90 Å². The fourth-order valence-electron chi connectivity index (χ4n) is 5.06. The van der Waals surface area contributed by atoms with Crippen LogP contribution >= 0.6 is 0 Å². The summed E-state index contributed by atoms with van der Waals surface area (Å²) in [5.74, 6) is 6.16. The topological polar surface area (TPSA) is 32.3 Å². The molecule has 1 amide bonds. The van der Waals surface area contributed by atoms with Crippen LogP contribution in [0.15, 0.2) is 0 Å². The molecule has 0 aromatic carbocycles. The Bertz CT molecular complexity index is 370. The van der Waals surface area contributed by atoms with Gasteiger partial charge in [0.25, 0.3) is 0 Å². The van der Waals surface area contributed by atoms with E-state index < -0.39 is 0 Å². The molecule has 0 unspecified atom stereocenters. The summed E-state index contributed by atoms with van der Waals surface area (Å²) >= 11 is 0. The first-order valence-electron chi connectivity index (χ1n) is 7.59. The molecule has 19 heavy (non-hydrogen) atoms. The van der Waals surface area contributed by atoms with E-state index >= 15 is 0 Å². The minimum absolute atomic E-state index is 0.202. The zero-order chi connectivity index (χ0) is 13.4. The lowest BCUT2D eigenvalue weighted by Gasteiger charge is -2.56. The van der Waals surface area contributed by atoms with E-state index in [1.165, 1.54) is 32.1 Å². The molecule has 0 aromatic heterocycles. The van der Waals surface area contributed by atoms with Crippen LogP contribution in [-0.2, 0) is 4.79 Å². The Morgan fingerprint density at radius 1 is 1.21 bits per heavy atom. The van der Waals surface area contributed by atoms with Crippen molar-refractivity contribution in [1.82, 2.24) is 10.2 Å². The molecule has 0 aliphatic heterocycles. The van der Waals surface area contributed by atoms with Crippen molar-refractivity contribution in [2.75, 3.05) is 20.1 Å². The molecule has 0 atom stereocenters. The fraction of sp³-hybridized carbons (Fsp3) is 0.812. The minimum atomic E-state index is 0.202. The molecule has 0 aromatic rings. The van der Waals surface area contributed by atoms with Gasteiger partial charge in [-0.2, -0.15) is 0 Å². The van der Waals surface area contributed by atoms with Crippen molar-refractivity contribution >= 4 is 5.91 Å². The largest absolute Gasteiger partial charge is 0.341 e. The van der Waals surface area contributed by atoms with Gasteiger partial charge in [-0.15, -0.1) is 6.42 Å². The Balaban J connectivity index is 1.62. The first-order chi connectivity index (χ1) is 9.19. The highest BCUT2D eigenvalue weighted by atomic mass is 16.2. The van der Waals surface area contributed by atoms with E-state index in [1.807, 2.05) is 11.9 Å². The van der Waals surface area contributed by atoms with Crippen LogP contribution in [0.1, 0.15) is 32.1 Å². The summed E-state index contributed by atoms with van der Waals surface area (Å²) < 4.78 is 0. The molecule has 104 valence electrons. The van der Waals surface area contributed by atoms with E-state index in [-0.39, 0.29) is 5.91 Å². The molecule has 3 nitrogen and oxygen atoms in total. The van der Waals surface area contributed by atoms with Crippen molar-refractivity contribution in [3.05, 3.63) is 0 Å². The lowest BCUT2D eigenvalue weighted by molar-refractivity contribution is -0.140. The molecule has 0 spiro atoms. The molecule has 4 bridgehead atoms. The molecule has 4 aliphatic rings. The Morgan fingerprint density at radius 2 is 1.79 bits per heavy atom. The Morgan fingerprint density at radius 3 is 2.32 bits per heavy atom. The predicted octanol–water partition coefficient (Wildman–Crippen LogP) is 1.49. The third kappa shape index (κ3) is 2.39. The number of terminal acetylenes is 1. The summed E-state index contributed by atoms with van der Waals surface area (Å²) in [5, 5.41) is 3.01. The van der Waals surface area contributed by atoms with Crippen LogP contribution < -0.4 is 5.32 Å². The van der Waals surface area contributed by atoms with Gasteiger partial charge in [0.05, 0.1) is 13.1 Å². The number of nitrogens with one attached hydrogen (secondary N) is 1. The van der Waals surface area contributed by atoms with Crippen LogP contribution in [0.2, 0.25) is 0 Å². The summed E-state index contributed by atoms with van der Waals surface area (Å²) in [7, 11) is 1.99. The van der Waals surface area contributed by atoms with Crippen LogP contribution in [0.3, 0.4) is 0 Å². The van der Waals surface area contributed by atoms with Crippen molar-refractivity contribution < 1.29 is 4.79 Å². The zero-order valence-corrected chi connectivity index (χ0v) is 11.8. The van der Waals surface area contributed by atoms with Gasteiger partial charge in [0, 0.05) is 13.1 Å². The molecule has 4 fully saturated rings. The molecule has 0 saturated heterocycles. The second-order valence-electron chi connectivity index (χ2n) is 6.73. The Labute approximate surface area is 116 Å². The van der Waals surface area contributed by atoms with E-state index in [0.29, 0.717) is 19.1 Å². The van der Waals surface area contributed by atoms with E-state index in [0.717, 1.165) is 23.7 Å². The average Bonchev–Trinajstić information content (AvgIpc) is 2.37. The van der Waals surface area contributed by atoms with Crippen LogP contribution in [0.5, 0.6) is 0 Å². The van der Waals surface area contributed by atoms with Gasteiger partial charge in [-0.25, -0.2) is 0 Å². The van der Waals surface area contributed by atoms with Crippen molar-refractivity contribution in [2.45, 2.75) is 38.1 Å². The van der Waals surface area contributed by atoms with Crippen LogP contribution in [0.4, 0.5) is 0 Å². The molecular weight excluding hydrogens is 236 g/mol. The summed E-state index contributed by atoms with van der Waals surface area (Å²) in [5.41, 5.74) is 0. The maximum atomic E-state index is 12.2. The van der Waals surface area contributed by atoms with E-state index in [1.54, 1.807) is 0 Å². The normalized spacial score (nSPS) is 39.1. The van der Waals surface area contributed by atoms with Crippen molar-refractivity contribution in [3.8, 4) is 12.3 Å². The molecule has 4 aliphatic carbocycles. The van der Waals surface area contributed by atoms with Gasteiger partial charge in [0.15, 0.2) is 0 Å². The lowest BCUT2D eigenvalue weighted by atomic mass is 9.54.